The molecule has 0 spiro atoms. The SMILES string of the molecule is C=CCC[C@H](O[Si](C)(C)C(C)(C)C)[C@@H]1CCCC/C1=C(\[C@@H](O)CCC=C)S(=O)(=NC)c1ccccc1. The van der Waals surface area contributed by atoms with Crippen LogP contribution in [0.1, 0.15) is 72.1 Å². The lowest BCUT2D eigenvalue weighted by Crippen LogP contribution is -2.46. The average Bonchev–Trinajstić information content (AvgIpc) is 2.85. The van der Waals surface area contributed by atoms with Crippen LogP contribution in [0.5, 0.6) is 0 Å². The average molecular weight is 532 g/mol. The van der Waals surface area contributed by atoms with Crippen molar-refractivity contribution in [1.29, 1.82) is 0 Å². The second-order valence-corrected chi connectivity index (χ2v) is 18.5. The van der Waals surface area contributed by atoms with Crippen molar-refractivity contribution in [3.63, 3.8) is 0 Å². The summed E-state index contributed by atoms with van der Waals surface area (Å²) in [5.74, 6) is 0.104. The van der Waals surface area contributed by atoms with Crippen LogP contribution in [0.15, 0.2) is 75.4 Å². The smallest absolute Gasteiger partial charge is 0.192 e. The van der Waals surface area contributed by atoms with Crippen molar-refractivity contribution in [2.45, 2.75) is 107 Å². The third kappa shape index (κ3) is 7.30. The molecule has 0 heterocycles. The Morgan fingerprint density at radius 3 is 2.33 bits per heavy atom. The highest BCUT2D eigenvalue weighted by molar-refractivity contribution is 7.97. The standard InChI is InChI=1S/C30H49NO3SSi/c1-9-11-22-27(32)29(35(33,31-6)24-18-14-13-15-19-24)26-21-17-16-20-25(26)28(23-12-10-2)34-36(7,8)30(3,4)5/h9-10,13-15,18-19,25,27-28,32H,1-2,11-12,16-17,20-23H2,3-8H3/b29-26-/t25-,27+,28+,35?/m1/s1. The summed E-state index contributed by atoms with van der Waals surface area (Å²) in [5, 5.41) is 11.6. The van der Waals surface area contributed by atoms with Gasteiger partial charge in [0.25, 0.3) is 0 Å². The van der Waals surface area contributed by atoms with Crippen molar-refractivity contribution in [2.24, 2.45) is 10.3 Å². The minimum Gasteiger partial charge on any atom is -0.413 e. The fourth-order valence-corrected chi connectivity index (χ4v) is 8.53. The molecular weight excluding hydrogens is 482 g/mol. The Morgan fingerprint density at radius 2 is 1.78 bits per heavy atom. The normalized spacial score (nSPS) is 21.7. The minimum absolute atomic E-state index is 0.00271. The van der Waals surface area contributed by atoms with Crippen LogP contribution in [0.4, 0.5) is 0 Å². The van der Waals surface area contributed by atoms with Crippen LogP contribution in [0.3, 0.4) is 0 Å². The Bertz CT molecular complexity index is 1020. The van der Waals surface area contributed by atoms with Gasteiger partial charge in [-0.2, -0.15) is 0 Å². The zero-order chi connectivity index (χ0) is 27.0. The molecule has 1 fully saturated rings. The van der Waals surface area contributed by atoms with E-state index in [1.165, 1.54) is 0 Å². The van der Waals surface area contributed by atoms with Crippen LogP contribution < -0.4 is 0 Å². The third-order valence-corrected chi connectivity index (χ3v) is 15.0. The zero-order valence-electron chi connectivity index (χ0n) is 23.5. The molecule has 36 heavy (non-hydrogen) atoms. The molecule has 1 aromatic carbocycles. The van der Waals surface area contributed by atoms with Gasteiger partial charge in [-0.1, -0.05) is 57.5 Å². The quantitative estimate of drug-likeness (QED) is 0.218. The summed E-state index contributed by atoms with van der Waals surface area (Å²) in [5.41, 5.74) is 1.10. The Hall–Kier alpha value is -1.47. The summed E-state index contributed by atoms with van der Waals surface area (Å²) in [6, 6.07) is 9.45. The molecule has 1 saturated carbocycles. The van der Waals surface area contributed by atoms with E-state index >= 15 is 0 Å². The number of aliphatic hydroxyl groups excluding tert-OH is 1. The lowest BCUT2D eigenvalue weighted by atomic mass is 9.78. The molecule has 4 atom stereocenters. The Morgan fingerprint density at radius 1 is 1.17 bits per heavy atom. The van der Waals surface area contributed by atoms with Crippen LogP contribution >= 0.6 is 0 Å². The summed E-state index contributed by atoms with van der Waals surface area (Å²) in [6.07, 6.45) is 9.70. The molecule has 0 aliphatic heterocycles. The molecule has 1 aliphatic carbocycles. The van der Waals surface area contributed by atoms with Gasteiger partial charge in [0, 0.05) is 13.0 Å². The lowest BCUT2D eigenvalue weighted by Gasteiger charge is -2.43. The largest absolute Gasteiger partial charge is 0.413 e. The van der Waals surface area contributed by atoms with Crippen molar-refractivity contribution >= 4 is 18.0 Å². The first-order valence-corrected chi connectivity index (χ1v) is 17.9. The number of hydrogen-bond acceptors (Lipinski definition) is 4. The molecule has 202 valence electrons. The summed E-state index contributed by atoms with van der Waals surface area (Å²) < 4.78 is 26.3. The predicted molar refractivity (Wildman–Crippen MR) is 157 cm³/mol. The van der Waals surface area contributed by atoms with Crippen molar-refractivity contribution < 1.29 is 13.7 Å². The number of allylic oxidation sites excluding steroid dienone is 2. The first kappa shape index (κ1) is 30.7. The number of rotatable bonds is 12. The Kier molecular flexibility index (Phi) is 11.4. The number of hydrogen-bond donors (Lipinski definition) is 1. The fourth-order valence-electron chi connectivity index (χ4n) is 4.85. The number of benzene rings is 1. The molecule has 0 amide bonds. The van der Waals surface area contributed by atoms with Gasteiger partial charge in [0.2, 0.25) is 0 Å². The highest BCUT2D eigenvalue weighted by atomic mass is 32.2. The van der Waals surface area contributed by atoms with E-state index in [0.29, 0.717) is 22.6 Å². The molecule has 0 bridgehead atoms. The zero-order valence-corrected chi connectivity index (χ0v) is 25.3. The summed E-state index contributed by atoms with van der Waals surface area (Å²) in [4.78, 5) is 1.27. The van der Waals surface area contributed by atoms with Gasteiger partial charge in [-0.25, -0.2) is 8.57 Å². The minimum atomic E-state index is -2.98. The van der Waals surface area contributed by atoms with Crippen LogP contribution in [-0.4, -0.2) is 36.9 Å². The fraction of sp³-hybridized carbons (Fsp3) is 0.600. The first-order valence-electron chi connectivity index (χ1n) is 13.4. The van der Waals surface area contributed by atoms with Gasteiger partial charge in [0.05, 0.1) is 22.0 Å². The number of aliphatic hydroxyl groups is 1. The molecule has 1 unspecified atom stereocenters. The van der Waals surface area contributed by atoms with Crippen molar-refractivity contribution in [1.82, 2.24) is 0 Å². The van der Waals surface area contributed by atoms with E-state index in [2.05, 4.69) is 51.4 Å². The molecule has 2 rings (SSSR count). The second kappa shape index (κ2) is 13.4. The second-order valence-electron chi connectivity index (χ2n) is 11.4. The maximum absolute atomic E-state index is 14.7. The van der Waals surface area contributed by atoms with Gasteiger partial charge in [-0.15, -0.1) is 13.2 Å². The van der Waals surface area contributed by atoms with Crippen LogP contribution in [0, 0.1) is 5.92 Å². The van der Waals surface area contributed by atoms with E-state index in [-0.39, 0.29) is 17.1 Å². The number of nitrogens with zero attached hydrogens (tertiary/aromatic N) is 1. The Balaban J connectivity index is 2.75. The molecule has 1 N–H and O–H groups in total. The highest BCUT2D eigenvalue weighted by Gasteiger charge is 2.43. The third-order valence-electron chi connectivity index (χ3n) is 7.90. The topological polar surface area (TPSA) is 58.9 Å². The molecule has 0 saturated heterocycles. The van der Waals surface area contributed by atoms with E-state index < -0.39 is 24.2 Å². The van der Waals surface area contributed by atoms with E-state index in [0.717, 1.165) is 44.1 Å². The van der Waals surface area contributed by atoms with Gasteiger partial charge in [-0.05, 0) is 80.8 Å². The summed E-state index contributed by atoms with van der Waals surface area (Å²) in [6.45, 7) is 19.2. The van der Waals surface area contributed by atoms with Crippen molar-refractivity contribution in [2.75, 3.05) is 7.05 Å². The van der Waals surface area contributed by atoms with Crippen LogP contribution in [0.2, 0.25) is 18.1 Å². The summed E-state index contributed by atoms with van der Waals surface area (Å²) in [7, 11) is -3.42. The van der Waals surface area contributed by atoms with Gasteiger partial charge < -0.3 is 9.53 Å². The first-order chi connectivity index (χ1) is 16.9. The van der Waals surface area contributed by atoms with E-state index in [1.54, 1.807) is 7.05 Å². The van der Waals surface area contributed by atoms with E-state index in [1.807, 2.05) is 42.5 Å². The molecular formula is C30H49NO3SSi. The molecule has 0 radical (unpaired) electrons. The summed E-state index contributed by atoms with van der Waals surface area (Å²) >= 11 is 0. The van der Waals surface area contributed by atoms with Crippen molar-refractivity contribution in [3.8, 4) is 0 Å². The lowest BCUT2D eigenvalue weighted by molar-refractivity contribution is 0.110. The predicted octanol–water partition coefficient (Wildman–Crippen LogP) is 8.27. The highest BCUT2D eigenvalue weighted by Crippen LogP contribution is 2.45. The van der Waals surface area contributed by atoms with E-state index in [9.17, 15) is 9.32 Å². The van der Waals surface area contributed by atoms with Crippen LogP contribution in [-0.2, 0) is 14.2 Å². The molecule has 6 heteroatoms. The monoisotopic (exact) mass is 531 g/mol. The van der Waals surface area contributed by atoms with Crippen LogP contribution in [0.25, 0.3) is 0 Å². The molecule has 4 nitrogen and oxygen atoms in total. The Labute approximate surface area is 222 Å². The molecule has 0 aromatic heterocycles. The van der Waals surface area contributed by atoms with Gasteiger partial charge in [0.1, 0.15) is 9.73 Å². The molecule has 1 aromatic rings. The molecule has 1 aliphatic rings. The van der Waals surface area contributed by atoms with E-state index in [4.69, 9.17) is 4.43 Å². The maximum atomic E-state index is 14.7. The van der Waals surface area contributed by atoms with Gasteiger partial charge >= 0.3 is 0 Å². The van der Waals surface area contributed by atoms with Crippen molar-refractivity contribution in [3.05, 3.63) is 66.1 Å². The van der Waals surface area contributed by atoms with Gasteiger partial charge in [0.15, 0.2) is 8.32 Å². The van der Waals surface area contributed by atoms with Gasteiger partial charge in [-0.3, -0.25) is 0 Å². The maximum Gasteiger partial charge on any atom is 0.192 e.